The highest BCUT2D eigenvalue weighted by Crippen LogP contribution is 2.24. The molecule has 0 amide bonds. The number of rotatable bonds is 3. The quantitative estimate of drug-likeness (QED) is 0.743. The molecule has 0 saturated carbocycles. The topological polar surface area (TPSA) is 46.5 Å². The molecule has 3 aromatic rings. The first-order valence-corrected chi connectivity index (χ1v) is 7.21. The van der Waals surface area contributed by atoms with Gasteiger partial charge in [-0.05, 0) is 30.7 Å². The lowest BCUT2D eigenvalue weighted by Crippen LogP contribution is -2.05. The summed E-state index contributed by atoms with van der Waals surface area (Å²) < 4.78 is 3.97. The van der Waals surface area contributed by atoms with Gasteiger partial charge in [-0.25, -0.2) is 0 Å². The molecule has 0 aliphatic carbocycles. The fraction of sp³-hybridized carbons (Fsp3) is 0.250. The second kappa shape index (κ2) is 5.27. The van der Waals surface area contributed by atoms with Crippen LogP contribution in [-0.2, 0) is 20.0 Å². The smallest absolute Gasteiger partial charge is 0.0991 e. The zero-order valence-corrected chi connectivity index (χ0v) is 12.7. The monoisotopic (exact) mass is 298 g/mol. The summed E-state index contributed by atoms with van der Waals surface area (Å²) in [5.41, 5.74) is 3.68. The van der Waals surface area contributed by atoms with Gasteiger partial charge in [-0.2, -0.15) is 10.4 Å². The van der Waals surface area contributed by atoms with Gasteiger partial charge >= 0.3 is 0 Å². The lowest BCUT2D eigenvalue weighted by atomic mass is 10.2. The van der Waals surface area contributed by atoms with E-state index in [9.17, 15) is 0 Å². The largest absolute Gasteiger partial charge is 0.341 e. The van der Waals surface area contributed by atoms with E-state index in [1.807, 2.05) is 49.1 Å². The molecule has 2 aromatic heterocycles. The molecule has 0 aliphatic rings. The number of nitriles is 1. The predicted octanol–water partition coefficient (Wildman–Crippen LogP) is 3.51. The average molecular weight is 299 g/mol. The number of benzene rings is 1. The molecule has 4 nitrogen and oxygen atoms in total. The molecule has 0 spiro atoms. The molecule has 0 fully saturated rings. The Morgan fingerprint density at radius 1 is 1.33 bits per heavy atom. The van der Waals surface area contributed by atoms with E-state index in [0.717, 1.165) is 33.7 Å². The molecule has 5 heteroatoms. The fourth-order valence-corrected chi connectivity index (χ4v) is 2.91. The predicted molar refractivity (Wildman–Crippen MR) is 83.4 cm³/mol. The van der Waals surface area contributed by atoms with Crippen LogP contribution >= 0.6 is 11.6 Å². The van der Waals surface area contributed by atoms with Crippen molar-refractivity contribution in [3.63, 3.8) is 0 Å². The summed E-state index contributed by atoms with van der Waals surface area (Å²) in [7, 11) is 1.92. The Hall–Kier alpha value is -2.25. The van der Waals surface area contributed by atoms with Crippen LogP contribution in [0.5, 0.6) is 0 Å². The second-order valence-electron chi connectivity index (χ2n) is 5.01. The van der Waals surface area contributed by atoms with E-state index in [-0.39, 0.29) is 0 Å². The second-order valence-corrected chi connectivity index (χ2v) is 5.39. The van der Waals surface area contributed by atoms with Crippen LogP contribution in [-0.4, -0.2) is 14.3 Å². The Balaban J connectivity index is 2.03. The number of fused-ring (bicyclic) bond motifs is 1. The highest BCUT2D eigenvalue weighted by molar-refractivity contribution is 6.31. The van der Waals surface area contributed by atoms with Gasteiger partial charge in [0.25, 0.3) is 0 Å². The zero-order valence-electron chi connectivity index (χ0n) is 12.0. The van der Waals surface area contributed by atoms with Crippen molar-refractivity contribution in [1.82, 2.24) is 14.3 Å². The van der Waals surface area contributed by atoms with E-state index >= 15 is 0 Å². The maximum absolute atomic E-state index is 8.96. The van der Waals surface area contributed by atoms with Gasteiger partial charge in [0, 0.05) is 24.1 Å². The van der Waals surface area contributed by atoms with Crippen LogP contribution in [0.4, 0.5) is 0 Å². The number of hydrogen-bond acceptors (Lipinski definition) is 2. The number of aromatic nitrogens is 3. The molecule has 0 aliphatic heterocycles. The van der Waals surface area contributed by atoms with E-state index in [1.54, 1.807) is 0 Å². The first-order valence-electron chi connectivity index (χ1n) is 6.83. The van der Waals surface area contributed by atoms with Crippen LogP contribution in [0.1, 0.15) is 23.9 Å². The van der Waals surface area contributed by atoms with E-state index in [1.165, 1.54) is 0 Å². The van der Waals surface area contributed by atoms with Crippen molar-refractivity contribution in [3.05, 3.63) is 52.4 Å². The molecule has 1 aromatic carbocycles. The van der Waals surface area contributed by atoms with Crippen LogP contribution < -0.4 is 0 Å². The third kappa shape index (κ3) is 2.30. The third-order valence-electron chi connectivity index (χ3n) is 3.72. The van der Waals surface area contributed by atoms with Gasteiger partial charge < -0.3 is 4.57 Å². The van der Waals surface area contributed by atoms with E-state index in [4.69, 9.17) is 16.9 Å². The molecule has 0 radical (unpaired) electrons. The van der Waals surface area contributed by atoms with Crippen molar-refractivity contribution < 1.29 is 0 Å². The number of halogens is 1. The highest BCUT2D eigenvalue weighted by atomic mass is 35.5. The van der Waals surface area contributed by atoms with Crippen LogP contribution in [0.15, 0.2) is 30.5 Å². The van der Waals surface area contributed by atoms with Crippen molar-refractivity contribution in [3.8, 4) is 6.07 Å². The van der Waals surface area contributed by atoms with Crippen molar-refractivity contribution in [2.75, 3.05) is 0 Å². The summed E-state index contributed by atoms with van der Waals surface area (Å²) in [5, 5.41) is 15.2. The fourth-order valence-electron chi connectivity index (χ4n) is 2.56. The molecule has 2 heterocycles. The molecule has 0 N–H and O–H groups in total. The third-order valence-corrected chi connectivity index (χ3v) is 4.16. The normalized spacial score (nSPS) is 11.0. The molecule has 0 unspecified atom stereocenters. The van der Waals surface area contributed by atoms with Crippen molar-refractivity contribution in [1.29, 1.82) is 5.26 Å². The van der Waals surface area contributed by atoms with Crippen LogP contribution in [0.25, 0.3) is 10.9 Å². The molecule has 0 bridgehead atoms. The first-order chi connectivity index (χ1) is 10.1. The van der Waals surface area contributed by atoms with Gasteiger partial charge in [-0.15, -0.1) is 0 Å². The average Bonchev–Trinajstić information content (AvgIpc) is 3.02. The number of nitrogens with zero attached hydrogens (tertiary/aromatic N) is 4. The van der Waals surface area contributed by atoms with Gasteiger partial charge in [0.05, 0.1) is 34.6 Å². The summed E-state index contributed by atoms with van der Waals surface area (Å²) in [6.45, 7) is 2.71. The lowest BCUT2D eigenvalue weighted by Gasteiger charge is -2.07. The lowest BCUT2D eigenvalue weighted by molar-refractivity contribution is 0.670. The summed E-state index contributed by atoms with van der Waals surface area (Å²) in [4.78, 5) is 0. The summed E-state index contributed by atoms with van der Waals surface area (Å²) in [6, 6.07) is 9.88. The molecule has 0 atom stereocenters. The molecule has 106 valence electrons. The van der Waals surface area contributed by atoms with E-state index in [2.05, 4.69) is 15.7 Å². The zero-order chi connectivity index (χ0) is 15.0. The Morgan fingerprint density at radius 2 is 2.14 bits per heavy atom. The highest BCUT2D eigenvalue weighted by Gasteiger charge is 2.14. The Bertz CT molecular complexity index is 851. The summed E-state index contributed by atoms with van der Waals surface area (Å²) >= 11 is 6.41. The summed E-state index contributed by atoms with van der Waals surface area (Å²) in [5.74, 6) is 0. The minimum atomic E-state index is 0.664. The summed E-state index contributed by atoms with van der Waals surface area (Å²) in [6.07, 6.45) is 2.84. The van der Waals surface area contributed by atoms with E-state index < -0.39 is 0 Å². The minimum Gasteiger partial charge on any atom is -0.341 e. The van der Waals surface area contributed by atoms with Gasteiger partial charge in [-0.1, -0.05) is 18.5 Å². The first kappa shape index (κ1) is 13.7. The SMILES string of the molecule is CCc1nn(C)c(Cn2ccc3cc(C#N)ccc32)c1Cl. The van der Waals surface area contributed by atoms with Gasteiger partial charge in [0.2, 0.25) is 0 Å². The Labute approximate surface area is 128 Å². The van der Waals surface area contributed by atoms with Crippen molar-refractivity contribution in [2.24, 2.45) is 7.05 Å². The van der Waals surface area contributed by atoms with Gasteiger partial charge in [0.15, 0.2) is 0 Å². The number of hydrogen-bond donors (Lipinski definition) is 0. The maximum atomic E-state index is 8.96. The molecular formula is C16H15ClN4. The standard InChI is InChI=1S/C16H15ClN4/c1-3-13-16(17)15(20(2)19-13)10-21-7-6-12-8-11(9-18)4-5-14(12)21/h4-8H,3,10H2,1-2H3. The van der Waals surface area contributed by atoms with Crippen molar-refractivity contribution in [2.45, 2.75) is 19.9 Å². The van der Waals surface area contributed by atoms with Crippen LogP contribution in [0.2, 0.25) is 5.02 Å². The minimum absolute atomic E-state index is 0.664. The maximum Gasteiger partial charge on any atom is 0.0991 e. The molecular weight excluding hydrogens is 284 g/mol. The van der Waals surface area contributed by atoms with Gasteiger partial charge in [-0.3, -0.25) is 4.68 Å². The van der Waals surface area contributed by atoms with Crippen LogP contribution in [0.3, 0.4) is 0 Å². The van der Waals surface area contributed by atoms with Gasteiger partial charge in [0.1, 0.15) is 0 Å². The van der Waals surface area contributed by atoms with Crippen molar-refractivity contribution >= 4 is 22.5 Å². The van der Waals surface area contributed by atoms with E-state index in [0.29, 0.717) is 12.1 Å². The molecule has 3 rings (SSSR count). The molecule has 0 saturated heterocycles. The van der Waals surface area contributed by atoms with Crippen LogP contribution in [0, 0.1) is 11.3 Å². The Morgan fingerprint density at radius 3 is 2.81 bits per heavy atom. The number of aryl methyl sites for hydroxylation is 2. The molecule has 21 heavy (non-hydrogen) atoms. The Kier molecular flexibility index (Phi) is 3.44.